The standard InChI is InChI=1S/C22H29NO5S/c1-5-7-12-10-15(22(27)28-6-2)20(29-12)23-19(24)17-13-8-9-14(16(13)11(3)4)18(17)21(25)26/h10,13-14,17-18H,5-9H2,1-4H3,(H,23,24)(H,25,26)/p-1/t13-,14-,17+,18-/m0/s1. The third kappa shape index (κ3) is 3.97. The first-order valence-corrected chi connectivity index (χ1v) is 11.1. The van der Waals surface area contributed by atoms with Gasteiger partial charge in [-0.05, 0) is 57.9 Å². The van der Waals surface area contributed by atoms with Crippen LogP contribution in [0.4, 0.5) is 5.00 Å². The van der Waals surface area contributed by atoms with Crippen molar-refractivity contribution in [1.29, 1.82) is 0 Å². The number of hydrogen-bond donors (Lipinski definition) is 1. The van der Waals surface area contributed by atoms with Crippen LogP contribution in [0, 0.1) is 23.7 Å². The second-order valence-electron chi connectivity index (χ2n) is 8.03. The predicted octanol–water partition coefficient (Wildman–Crippen LogP) is 3.17. The lowest BCUT2D eigenvalue weighted by Gasteiger charge is -2.30. The lowest BCUT2D eigenvalue weighted by molar-refractivity contribution is -0.314. The van der Waals surface area contributed by atoms with Gasteiger partial charge >= 0.3 is 5.97 Å². The Bertz CT molecular complexity index is 851. The van der Waals surface area contributed by atoms with Gasteiger partial charge in [-0.1, -0.05) is 24.5 Å². The number of carboxylic acids is 1. The van der Waals surface area contributed by atoms with Crippen molar-refractivity contribution in [1.82, 2.24) is 0 Å². The SMILES string of the molecule is CCCc1cc(C(=O)OCC)c(NC(=O)[C@H]2[C@@H](C(=O)[O-])[C@H]3CC[C@H]2C3=C(C)C)s1. The van der Waals surface area contributed by atoms with E-state index in [2.05, 4.69) is 5.32 Å². The number of esters is 1. The van der Waals surface area contributed by atoms with E-state index in [0.29, 0.717) is 10.6 Å². The zero-order valence-corrected chi connectivity index (χ0v) is 18.2. The first-order chi connectivity index (χ1) is 13.8. The van der Waals surface area contributed by atoms with Gasteiger partial charge in [0.2, 0.25) is 5.91 Å². The minimum absolute atomic E-state index is 0.0750. The number of nitrogens with one attached hydrogen (secondary N) is 1. The highest BCUT2D eigenvalue weighted by atomic mass is 32.1. The monoisotopic (exact) mass is 418 g/mol. The van der Waals surface area contributed by atoms with Crippen LogP contribution < -0.4 is 10.4 Å². The van der Waals surface area contributed by atoms with Gasteiger partial charge in [-0.25, -0.2) is 4.79 Å². The van der Waals surface area contributed by atoms with Crippen LogP contribution in [-0.2, 0) is 20.7 Å². The molecule has 1 N–H and O–H groups in total. The number of carbonyl (C=O) groups is 3. The largest absolute Gasteiger partial charge is 0.550 e. The summed E-state index contributed by atoms with van der Waals surface area (Å²) in [6.45, 7) is 7.97. The molecule has 1 aromatic heterocycles. The molecule has 3 rings (SSSR count). The van der Waals surface area contributed by atoms with E-state index in [1.54, 1.807) is 13.0 Å². The second kappa shape index (κ2) is 8.69. The highest BCUT2D eigenvalue weighted by molar-refractivity contribution is 7.16. The summed E-state index contributed by atoms with van der Waals surface area (Å²) < 4.78 is 5.13. The normalized spacial score (nSPS) is 25.2. The Morgan fingerprint density at radius 2 is 1.83 bits per heavy atom. The number of hydrogen-bond acceptors (Lipinski definition) is 6. The molecule has 29 heavy (non-hydrogen) atoms. The van der Waals surface area contributed by atoms with Gasteiger partial charge < -0.3 is 20.0 Å². The summed E-state index contributed by atoms with van der Waals surface area (Å²) in [7, 11) is 0. The first kappa shape index (κ1) is 21.6. The number of ether oxygens (including phenoxy) is 1. The number of carboxylic acid groups (broad SMARTS) is 1. The number of anilines is 1. The Balaban J connectivity index is 1.90. The maximum atomic E-state index is 13.2. The Kier molecular flexibility index (Phi) is 6.46. The van der Waals surface area contributed by atoms with Crippen LogP contribution >= 0.6 is 11.3 Å². The highest BCUT2D eigenvalue weighted by Crippen LogP contribution is 2.57. The Hall–Kier alpha value is -2.15. The molecule has 1 amide bonds. The van der Waals surface area contributed by atoms with Crippen LogP contribution in [0.2, 0.25) is 0 Å². The molecule has 2 fully saturated rings. The summed E-state index contributed by atoms with van der Waals surface area (Å²) in [4.78, 5) is 38.4. The number of rotatable bonds is 7. The van der Waals surface area contributed by atoms with E-state index < -0.39 is 23.8 Å². The number of aryl methyl sites for hydroxylation is 1. The third-order valence-corrected chi connectivity index (χ3v) is 7.12. The summed E-state index contributed by atoms with van der Waals surface area (Å²) in [5, 5.41) is 15.2. The van der Waals surface area contributed by atoms with E-state index in [1.165, 1.54) is 11.3 Å². The molecule has 0 saturated heterocycles. The molecule has 6 nitrogen and oxygen atoms in total. The van der Waals surface area contributed by atoms with Gasteiger partial charge in [0.1, 0.15) is 5.00 Å². The van der Waals surface area contributed by atoms with E-state index in [-0.39, 0.29) is 24.3 Å². The van der Waals surface area contributed by atoms with Crippen molar-refractivity contribution in [3.8, 4) is 0 Å². The average Bonchev–Trinajstić information content (AvgIpc) is 3.33. The van der Waals surface area contributed by atoms with Crippen molar-refractivity contribution in [2.45, 2.75) is 53.4 Å². The van der Waals surface area contributed by atoms with Gasteiger partial charge in [0.15, 0.2) is 0 Å². The van der Waals surface area contributed by atoms with E-state index in [4.69, 9.17) is 4.74 Å². The van der Waals surface area contributed by atoms with Crippen LogP contribution in [0.3, 0.4) is 0 Å². The lowest BCUT2D eigenvalue weighted by atomic mass is 9.79. The molecular weight excluding hydrogens is 390 g/mol. The van der Waals surface area contributed by atoms with Gasteiger partial charge in [-0.3, -0.25) is 4.79 Å². The summed E-state index contributed by atoms with van der Waals surface area (Å²) in [6, 6.07) is 1.76. The van der Waals surface area contributed by atoms with Crippen LogP contribution in [0.25, 0.3) is 0 Å². The van der Waals surface area contributed by atoms with Crippen LogP contribution in [-0.4, -0.2) is 24.5 Å². The number of fused-ring (bicyclic) bond motifs is 2. The molecule has 1 heterocycles. The maximum Gasteiger partial charge on any atom is 0.341 e. The van der Waals surface area contributed by atoms with E-state index in [9.17, 15) is 19.5 Å². The topological polar surface area (TPSA) is 95.5 Å². The molecule has 7 heteroatoms. The Labute approximate surface area is 175 Å². The fourth-order valence-electron chi connectivity index (χ4n) is 5.05. The fraction of sp³-hybridized carbons (Fsp3) is 0.591. The van der Waals surface area contributed by atoms with Crippen molar-refractivity contribution in [2.75, 3.05) is 11.9 Å². The predicted molar refractivity (Wildman–Crippen MR) is 109 cm³/mol. The van der Waals surface area contributed by atoms with Gasteiger partial charge in [0, 0.05) is 16.8 Å². The van der Waals surface area contributed by atoms with Gasteiger partial charge in [0.25, 0.3) is 0 Å². The summed E-state index contributed by atoms with van der Waals surface area (Å²) >= 11 is 1.35. The van der Waals surface area contributed by atoms with Crippen molar-refractivity contribution in [3.63, 3.8) is 0 Å². The van der Waals surface area contributed by atoms with Crippen LogP contribution in [0.15, 0.2) is 17.2 Å². The molecule has 0 aromatic carbocycles. The maximum absolute atomic E-state index is 13.2. The molecule has 1 aromatic rings. The van der Waals surface area contributed by atoms with E-state index in [0.717, 1.165) is 41.7 Å². The van der Waals surface area contributed by atoms with Crippen LogP contribution in [0.5, 0.6) is 0 Å². The zero-order valence-electron chi connectivity index (χ0n) is 17.4. The summed E-state index contributed by atoms with van der Waals surface area (Å²) in [5.74, 6) is -3.69. The molecule has 0 spiro atoms. The van der Waals surface area contributed by atoms with Crippen molar-refractivity contribution in [3.05, 3.63) is 27.7 Å². The van der Waals surface area contributed by atoms with Crippen LogP contribution in [0.1, 0.15) is 62.2 Å². The zero-order chi connectivity index (χ0) is 21.3. The Morgan fingerprint density at radius 1 is 1.17 bits per heavy atom. The molecule has 2 saturated carbocycles. The first-order valence-electron chi connectivity index (χ1n) is 10.3. The number of aliphatic carboxylic acids is 1. The van der Waals surface area contributed by atoms with Crippen molar-refractivity contribution >= 4 is 34.2 Å². The Morgan fingerprint density at radius 3 is 2.38 bits per heavy atom. The minimum atomic E-state index is -1.17. The molecule has 2 aliphatic rings. The van der Waals surface area contributed by atoms with Gasteiger partial charge in [-0.2, -0.15) is 0 Å². The molecule has 0 aliphatic heterocycles. The quantitative estimate of drug-likeness (QED) is 0.542. The third-order valence-electron chi connectivity index (χ3n) is 6.01. The fourth-order valence-corrected chi connectivity index (χ4v) is 6.20. The number of carbonyl (C=O) groups excluding carboxylic acids is 3. The molecular formula is C22H28NO5S-. The lowest BCUT2D eigenvalue weighted by Crippen LogP contribution is -2.44. The molecule has 2 aliphatic carbocycles. The van der Waals surface area contributed by atoms with Gasteiger partial charge in [0.05, 0.1) is 18.1 Å². The van der Waals surface area contributed by atoms with E-state index in [1.807, 2.05) is 20.8 Å². The summed E-state index contributed by atoms with van der Waals surface area (Å²) in [5.41, 5.74) is 2.53. The summed E-state index contributed by atoms with van der Waals surface area (Å²) in [6.07, 6.45) is 3.30. The number of amides is 1. The van der Waals surface area contributed by atoms with Crippen molar-refractivity contribution < 1.29 is 24.2 Å². The molecule has 0 unspecified atom stereocenters. The highest BCUT2D eigenvalue weighted by Gasteiger charge is 2.54. The molecule has 2 bridgehead atoms. The van der Waals surface area contributed by atoms with Crippen molar-refractivity contribution in [2.24, 2.45) is 23.7 Å². The molecule has 158 valence electrons. The molecule has 0 radical (unpaired) electrons. The minimum Gasteiger partial charge on any atom is -0.550 e. The smallest absolute Gasteiger partial charge is 0.341 e. The second-order valence-corrected chi connectivity index (χ2v) is 9.17. The van der Waals surface area contributed by atoms with E-state index >= 15 is 0 Å². The van der Waals surface area contributed by atoms with Gasteiger partial charge in [-0.15, -0.1) is 11.3 Å². The molecule has 4 atom stereocenters. The number of allylic oxidation sites excluding steroid dienone is 2. The average molecular weight is 419 g/mol. The number of thiophene rings is 1.